The summed E-state index contributed by atoms with van der Waals surface area (Å²) in [6, 6.07) is 5.83. The van der Waals surface area contributed by atoms with Gasteiger partial charge in [-0.1, -0.05) is 20.8 Å². The topological polar surface area (TPSA) is 45.8 Å². The Morgan fingerprint density at radius 1 is 1.59 bits per heavy atom. The van der Waals surface area contributed by atoms with Gasteiger partial charge in [-0.25, -0.2) is 0 Å². The number of allylic oxidation sites excluding steroid dienone is 1. The Morgan fingerprint density at radius 2 is 2.29 bits per heavy atom. The lowest BCUT2D eigenvalue weighted by Crippen LogP contribution is -2.09. The van der Waals surface area contributed by atoms with E-state index in [2.05, 4.69) is 6.92 Å². The minimum absolute atomic E-state index is 0.100. The van der Waals surface area contributed by atoms with Gasteiger partial charge in [0.05, 0.1) is 5.57 Å². The maximum absolute atomic E-state index is 11.8. The molecule has 1 aromatic heterocycles. The Balaban J connectivity index is 3.03. The average Bonchev–Trinajstić information content (AvgIpc) is 2.73. The van der Waals surface area contributed by atoms with Gasteiger partial charge in [0.15, 0.2) is 5.78 Å². The molecule has 0 spiro atoms. The molecule has 3 heteroatoms. The summed E-state index contributed by atoms with van der Waals surface area (Å²) in [7, 11) is 0. The van der Waals surface area contributed by atoms with Crippen molar-refractivity contribution < 1.29 is 4.79 Å². The lowest BCUT2D eigenvalue weighted by molar-refractivity contribution is -0.117. The van der Waals surface area contributed by atoms with Crippen molar-refractivity contribution in [2.75, 3.05) is 0 Å². The molecule has 0 N–H and O–H groups in total. The van der Waals surface area contributed by atoms with Crippen LogP contribution in [0.1, 0.15) is 32.9 Å². The number of nitriles is 1. The molecule has 0 bridgehead atoms. The van der Waals surface area contributed by atoms with Crippen LogP contribution in [0.2, 0.25) is 0 Å². The SMILES string of the molecule is CCCn1cccc1/C=C(\C#N)C(=O)C(C)C. The fourth-order valence-electron chi connectivity index (χ4n) is 1.62. The Bertz CT molecular complexity index is 461. The lowest BCUT2D eigenvalue weighted by Gasteiger charge is -2.05. The largest absolute Gasteiger partial charge is 0.348 e. The molecule has 17 heavy (non-hydrogen) atoms. The van der Waals surface area contributed by atoms with Crippen LogP contribution < -0.4 is 0 Å². The molecule has 0 atom stereocenters. The number of carbonyl (C=O) groups excluding carboxylic acids is 1. The van der Waals surface area contributed by atoms with Crippen LogP contribution in [-0.2, 0) is 11.3 Å². The van der Waals surface area contributed by atoms with Crippen molar-refractivity contribution in [1.82, 2.24) is 4.57 Å². The molecule has 0 radical (unpaired) electrons. The fourth-order valence-corrected chi connectivity index (χ4v) is 1.62. The standard InChI is InChI=1S/C14H18N2O/c1-4-7-16-8-5-6-13(16)9-12(10-15)14(17)11(2)3/h5-6,8-9,11H,4,7H2,1-3H3/b12-9+. The van der Waals surface area contributed by atoms with Gasteiger partial charge >= 0.3 is 0 Å². The number of aryl methyl sites for hydroxylation is 1. The van der Waals surface area contributed by atoms with Crippen LogP contribution in [0.25, 0.3) is 6.08 Å². The summed E-state index contributed by atoms with van der Waals surface area (Å²) in [4.78, 5) is 11.8. The molecule has 1 heterocycles. The van der Waals surface area contributed by atoms with Crippen LogP contribution >= 0.6 is 0 Å². The summed E-state index contributed by atoms with van der Waals surface area (Å²) in [5.74, 6) is -0.243. The molecule has 0 aliphatic rings. The summed E-state index contributed by atoms with van der Waals surface area (Å²) < 4.78 is 2.05. The predicted octanol–water partition coefficient (Wildman–Crippen LogP) is 3.03. The number of ketones is 1. The highest BCUT2D eigenvalue weighted by Gasteiger charge is 2.13. The zero-order valence-corrected chi connectivity index (χ0v) is 10.6. The third kappa shape index (κ3) is 3.32. The quantitative estimate of drug-likeness (QED) is 0.576. The van der Waals surface area contributed by atoms with Gasteiger partial charge in [-0.3, -0.25) is 4.79 Å². The number of aromatic nitrogens is 1. The Labute approximate surface area is 102 Å². The van der Waals surface area contributed by atoms with Crippen molar-refractivity contribution in [3.8, 4) is 6.07 Å². The smallest absolute Gasteiger partial charge is 0.175 e. The molecular weight excluding hydrogens is 212 g/mol. The number of nitrogens with zero attached hydrogens (tertiary/aromatic N) is 2. The molecule has 0 fully saturated rings. The summed E-state index contributed by atoms with van der Waals surface area (Å²) in [5.41, 5.74) is 1.15. The normalized spacial score (nSPS) is 11.6. The first-order chi connectivity index (χ1) is 8.10. The number of hydrogen-bond donors (Lipinski definition) is 0. The second-order valence-electron chi connectivity index (χ2n) is 4.32. The van der Waals surface area contributed by atoms with Crippen molar-refractivity contribution in [2.24, 2.45) is 5.92 Å². The third-order valence-electron chi connectivity index (χ3n) is 2.53. The first-order valence-corrected chi connectivity index (χ1v) is 5.91. The van der Waals surface area contributed by atoms with Gasteiger partial charge in [-0.15, -0.1) is 0 Å². The second-order valence-corrected chi connectivity index (χ2v) is 4.32. The highest BCUT2D eigenvalue weighted by molar-refractivity contribution is 6.04. The minimum Gasteiger partial charge on any atom is -0.348 e. The Hall–Kier alpha value is -1.82. The molecule has 0 aromatic carbocycles. The molecule has 0 unspecified atom stereocenters. The molecule has 0 amide bonds. The first kappa shape index (κ1) is 13.2. The van der Waals surface area contributed by atoms with Gasteiger partial charge in [0.1, 0.15) is 6.07 Å². The second kappa shape index (κ2) is 6.05. The number of Topliss-reactive ketones (excluding diaryl/α,β-unsaturated/α-hetero) is 1. The zero-order valence-electron chi connectivity index (χ0n) is 10.6. The van der Waals surface area contributed by atoms with Crippen molar-refractivity contribution in [1.29, 1.82) is 5.26 Å². The minimum atomic E-state index is -0.143. The van der Waals surface area contributed by atoms with E-state index < -0.39 is 0 Å². The number of carbonyl (C=O) groups is 1. The summed E-state index contributed by atoms with van der Waals surface area (Å²) in [6.45, 7) is 6.60. The van der Waals surface area contributed by atoms with E-state index in [0.717, 1.165) is 18.7 Å². The number of rotatable bonds is 5. The third-order valence-corrected chi connectivity index (χ3v) is 2.53. The maximum atomic E-state index is 11.8. The van der Waals surface area contributed by atoms with Gasteiger partial charge in [-0.2, -0.15) is 5.26 Å². The van der Waals surface area contributed by atoms with Crippen LogP contribution in [-0.4, -0.2) is 10.4 Å². The molecule has 1 rings (SSSR count). The van der Waals surface area contributed by atoms with E-state index in [1.54, 1.807) is 19.9 Å². The Morgan fingerprint density at radius 3 is 2.82 bits per heavy atom. The van der Waals surface area contributed by atoms with Crippen LogP contribution in [0.4, 0.5) is 0 Å². The van der Waals surface area contributed by atoms with Crippen LogP contribution in [0.5, 0.6) is 0 Å². The number of hydrogen-bond acceptors (Lipinski definition) is 2. The van der Waals surface area contributed by atoms with Gasteiger partial charge in [0.2, 0.25) is 0 Å². The van der Waals surface area contributed by atoms with E-state index in [0.29, 0.717) is 0 Å². The van der Waals surface area contributed by atoms with Crippen molar-refractivity contribution in [3.05, 3.63) is 29.6 Å². The molecule has 0 aliphatic heterocycles. The lowest BCUT2D eigenvalue weighted by atomic mass is 10.0. The van der Waals surface area contributed by atoms with E-state index in [1.807, 2.05) is 29.0 Å². The van der Waals surface area contributed by atoms with E-state index in [4.69, 9.17) is 5.26 Å². The first-order valence-electron chi connectivity index (χ1n) is 5.91. The van der Waals surface area contributed by atoms with Gasteiger partial charge in [0.25, 0.3) is 0 Å². The van der Waals surface area contributed by atoms with E-state index in [-0.39, 0.29) is 17.3 Å². The monoisotopic (exact) mass is 230 g/mol. The molecule has 3 nitrogen and oxygen atoms in total. The zero-order chi connectivity index (χ0) is 12.8. The molecule has 0 saturated carbocycles. The van der Waals surface area contributed by atoms with E-state index in [9.17, 15) is 4.79 Å². The van der Waals surface area contributed by atoms with Crippen LogP contribution in [0.15, 0.2) is 23.9 Å². The molecule has 0 aliphatic carbocycles. The van der Waals surface area contributed by atoms with Crippen LogP contribution in [0.3, 0.4) is 0 Å². The van der Waals surface area contributed by atoms with Crippen molar-refractivity contribution >= 4 is 11.9 Å². The van der Waals surface area contributed by atoms with Gasteiger partial charge in [0, 0.05) is 24.4 Å². The highest BCUT2D eigenvalue weighted by atomic mass is 16.1. The van der Waals surface area contributed by atoms with Gasteiger partial charge in [-0.05, 0) is 24.6 Å². The molecule has 0 saturated heterocycles. The summed E-state index contributed by atoms with van der Waals surface area (Å²) >= 11 is 0. The fraction of sp³-hybridized carbons (Fsp3) is 0.429. The average molecular weight is 230 g/mol. The van der Waals surface area contributed by atoms with Crippen molar-refractivity contribution in [2.45, 2.75) is 33.7 Å². The molecular formula is C14H18N2O. The van der Waals surface area contributed by atoms with E-state index >= 15 is 0 Å². The summed E-state index contributed by atoms with van der Waals surface area (Å²) in [5, 5.41) is 9.02. The maximum Gasteiger partial charge on any atom is 0.175 e. The van der Waals surface area contributed by atoms with Gasteiger partial charge < -0.3 is 4.57 Å². The molecule has 90 valence electrons. The molecule has 1 aromatic rings. The Kier molecular flexibility index (Phi) is 4.71. The van der Waals surface area contributed by atoms with E-state index in [1.165, 1.54) is 0 Å². The predicted molar refractivity (Wildman–Crippen MR) is 68.2 cm³/mol. The summed E-state index contributed by atoms with van der Waals surface area (Å²) in [6.07, 6.45) is 4.66. The highest BCUT2D eigenvalue weighted by Crippen LogP contribution is 2.12. The van der Waals surface area contributed by atoms with Crippen molar-refractivity contribution in [3.63, 3.8) is 0 Å². The van der Waals surface area contributed by atoms with Crippen LogP contribution in [0, 0.1) is 17.2 Å².